The van der Waals surface area contributed by atoms with Gasteiger partial charge in [-0.1, -0.05) is 129 Å². The fourth-order valence-corrected chi connectivity index (χ4v) is 4.74. The standard InChI is InChI=1S/C11H10.C10H14.C8H16.2C6H8N2.4CH4/c1-9-6-7-10-4-2-3-5-11(10)8-9;1-7-5-6-8(2)10(4)9(7)3;1-7-3-5-8(2)6-4-7;2*1-5-3-7-6(2)8-4-5;;;;/h2-8H,1H3;5-6H,1-4H3;7-8H,3-6H2,1-2H3;2*3-4H,1-2H3;4*1H4. The van der Waals surface area contributed by atoms with Gasteiger partial charge in [0.05, 0.1) is 0 Å². The van der Waals surface area contributed by atoms with Crippen molar-refractivity contribution >= 4 is 10.8 Å². The lowest BCUT2D eigenvalue weighted by atomic mass is 9.84. The van der Waals surface area contributed by atoms with Crippen LogP contribution in [0.1, 0.15) is 120 Å². The Morgan fingerprint density at radius 3 is 1.12 bits per heavy atom. The average Bonchev–Trinajstić information content (AvgIpc) is 3.03. The molecule has 1 saturated carbocycles. The highest BCUT2D eigenvalue weighted by Gasteiger charge is 2.13. The van der Waals surface area contributed by atoms with Crippen molar-refractivity contribution in [3.05, 3.63) is 130 Å². The van der Waals surface area contributed by atoms with Crippen LogP contribution in [0.4, 0.5) is 0 Å². The normalized spacial score (nSPS) is 13.9. The molecule has 1 fully saturated rings. The number of rotatable bonds is 0. The molecular weight excluding hydrogens is 597 g/mol. The van der Waals surface area contributed by atoms with Crippen LogP contribution in [0.2, 0.25) is 0 Å². The van der Waals surface area contributed by atoms with Gasteiger partial charge >= 0.3 is 0 Å². The summed E-state index contributed by atoms with van der Waals surface area (Å²) in [6.07, 6.45) is 13.1. The average molecular weight is 669 g/mol. The van der Waals surface area contributed by atoms with E-state index in [2.05, 4.69) is 123 Å². The Kier molecular flexibility index (Phi) is 26.3. The molecule has 0 N–H and O–H groups in total. The van der Waals surface area contributed by atoms with E-state index in [4.69, 9.17) is 0 Å². The van der Waals surface area contributed by atoms with E-state index in [1.165, 1.54) is 64.3 Å². The Morgan fingerprint density at radius 2 is 0.776 bits per heavy atom. The summed E-state index contributed by atoms with van der Waals surface area (Å²) >= 11 is 0. The van der Waals surface area contributed by atoms with Crippen LogP contribution < -0.4 is 0 Å². The zero-order chi connectivity index (χ0) is 33.4. The Hall–Kier alpha value is -3.92. The second kappa shape index (κ2) is 26.0. The minimum atomic E-state index is 0. The predicted molar refractivity (Wildman–Crippen MR) is 221 cm³/mol. The van der Waals surface area contributed by atoms with E-state index in [-0.39, 0.29) is 29.7 Å². The second-order valence-corrected chi connectivity index (χ2v) is 12.8. The van der Waals surface area contributed by atoms with Crippen LogP contribution in [0, 0.1) is 74.1 Å². The van der Waals surface area contributed by atoms with E-state index in [1.54, 1.807) is 0 Å². The van der Waals surface area contributed by atoms with Crippen LogP contribution in [0.5, 0.6) is 0 Å². The van der Waals surface area contributed by atoms with Crippen LogP contribution >= 0.6 is 0 Å². The topological polar surface area (TPSA) is 51.6 Å². The highest BCUT2D eigenvalue weighted by Crippen LogP contribution is 2.27. The minimum Gasteiger partial charge on any atom is -0.241 e. The van der Waals surface area contributed by atoms with E-state index in [9.17, 15) is 0 Å². The van der Waals surface area contributed by atoms with Crippen molar-refractivity contribution in [2.24, 2.45) is 11.8 Å². The van der Waals surface area contributed by atoms with Crippen LogP contribution in [-0.4, -0.2) is 19.9 Å². The van der Waals surface area contributed by atoms with Crippen molar-refractivity contribution in [1.29, 1.82) is 0 Å². The molecule has 1 aliphatic carbocycles. The lowest BCUT2D eigenvalue weighted by molar-refractivity contribution is 0.308. The maximum absolute atomic E-state index is 3.97. The Bertz CT molecular complexity index is 1430. The van der Waals surface area contributed by atoms with E-state index >= 15 is 0 Å². The zero-order valence-electron chi connectivity index (χ0n) is 29.8. The molecule has 0 spiro atoms. The van der Waals surface area contributed by atoms with Gasteiger partial charge in [0.15, 0.2) is 0 Å². The van der Waals surface area contributed by atoms with Crippen molar-refractivity contribution in [2.45, 2.75) is 132 Å². The summed E-state index contributed by atoms with van der Waals surface area (Å²) in [6.45, 7) is 23.2. The largest absolute Gasteiger partial charge is 0.241 e. The molecule has 0 unspecified atom stereocenters. The molecule has 0 radical (unpaired) electrons. The minimum absolute atomic E-state index is 0. The molecule has 0 aliphatic heterocycles. The monoisotopic (exact) mass is 669 g/mol. The summed E-state index contributed by atoms with van der Waals surface area (Å²) in [7, 11) is 0. The third-order valence-corrected chi connectivity index (χ3v) is 8.36. The first-order valence-electron chi connectivity index (χ1n) is 16.3. The fraction of sp³-hybridized carbons (Fsp3) is 0.467. The molecule has 2 heterocycles. The van der Waals surface area contributed by atoms with Crippen LogP contribution in [0.25, 0.3) is 10.8 Å². The molecule has 1 aliphatic rings. The van der Waals surface area contributed by atoms with Crippen molar-refractivity contribution in [2.75, 3.05) is 0 Å². The van der Waals surface area contributed by atoms with Crippen molar-refractivity contribution in [1.82, 2.24) is 19.9 Å². The van der Waals surface area contributed by atoms with Crippen LogP contribution in [-0.2, 0) is 0 Å². The van der Waals surface area contributed by atoms with E-state index in [0.29, 0.717) is 0 Å². The van der Waals surface area contributed by atoms with E-state index in [1.807, 2.05) is 52.5 Å². The highest BCUT2D eigenvalue weighted by molar-refractivity contribution is 5.82. The van der Waals surface area contributed by atoms with Gasteiger partial charge in [0.1, 0.15) is 11.6 Å². The second-order valence-electron chi connectivity index (χ2n) is 12.8. The number of aromatic nitrogens is 4. The maximum Gasteiger partial charge on any atom is 0.125 e. The molecule has 0 amide bonds. The quantitative estimate of drug-likeness (QED) is 0.165. The van der Waals surface area contributed by atoms with Gasteiger partial charge < -0.3 is 0 Å². The lowest BCUT2D eigenvalue weighted by Gasteiger charge is -2.22. The summed E-state index contributed by atoms with van der Waals surface area (Å²) in [6, 6.07) is 19.3. The van der Waals surface area contributed by atoms with Crippen molar-refractivity contribution < 1.29 is 0 Å². The molecule has 49 heavy (non-hydrogen) atoms. The fourth-order valence-electron chi connectivity index (χ4n) is 4.74. The van der Waals surface area contributed by atoms with Crippen molar-refractivity contribution in [3.63, 3.8) is 0 Å². The SMILES string of the molecule is C.C.C.C.CC1CCC(C)CC1.Cc1ccc(C)c(C)c1C.Cc1ccc2ccccc2c1.Cc1cnc(C)nc1.Cc1cnc(C)nc1. The smallest absolute Gasteiger partial charge is 0.125 e. The van der Waals surface area contributed by atoms with Gasteiger partial charge in [-0.2, -0.15) is 0 Å². The molecule has 5 aromatic rings. The number of aryl methyl sites for hydroxylation is 7. The van der Waals surface area contributed by atoms with Gasteiger partial charge in [-0.3, -0.25) is 0 Å². The summed E-state index contributed by atoms with van der Waals surface area (Å²) < 4.78 is 0. The van der Waals surface area contributed by atoms with Gasteiger partial charge in [0, 0.05) is 24.8 Å². The van der Waals surface area contributed by atoms with Crippen molar-refractivity contribution in [3.8, 4) is 0 Å². The molecule has 6 rings (SSSR count). The number of hydrogen-bond donors (Lipinski definition) is 0. The molecule has 0 bridgehead atoms. The third-order valence-electron chi connectivity index (χ3n) is 8.36. The first-order chi connectivity index (χ1) is 21.3. The number of fused-ring (bicyclic) bond motifs is 1. The molecule has 0 saturated heterocycles. The van der Waals surface area contributed by atoms with E-state index < -0.39 is 0 Å². The summed E-state index contributed by atoms with van der Waals surface area (Å²) in [5, 5.41) is 2.64. The van der Waals surface area contributed by atoms with Gasteiger partial charge in [-0.25, -0.2) is 19.9 Å². The Balaban J connectivity index is -0.000000532. The number of benzene rings is 3. The Morgan fingerprint density at radius 1 is 0.429 bits per heavy atom. The molecule has 4 nitrogen and oxygen atoms in total. The Labute approximate surface area is 303 Å². The van der Waals surface area contributed by atoms with E-state index in [0.717, 1.165) is 34.6 Å². The first kappa shape index (κ1) is 49.5. The molecule has 2 aromatic heterocycles. The molecule has 4 heteroatoms. The lowest BCUT2D eigenvalue weighted by Crippen LogP contribution is -2.08. The molecule has 272 valence electrons. The zero-order valence-corrected chi connectivity index (χ0v) is 29.8. The molecule has 3 aromatic carbocycles. The van der Waals surface area contributed by atoms with Crippen LogP contribution in [0.3, 0.4) is 0 Å². The number of nitrogens with zero attached hydrogens (tertiary/aromatic N) is 4. The van der Waals surface area contributed by atoms with Crippen LogP contribution in [0.15, 0.2) is 79.4 Å². The van der Waals surface area contributed by atoms with Gasteiger partial charge in [-0.15, -0.1) is 0 Å². The summed E-state index contributed by atoms with van der Waals surface area (Å²) in [4.78, 5) is 15.9. The summed E-state index contributed by atoms with van der Waals surface area (Å²) in [5.41, 5.74) is 9.18. The number of hydrogen-bond acceptors (Lipinski definition) is 4. The van der Waals surface area contributed by atoms with Gasteiger partial charge in [-0.05, 0) is 118 Å². The predicted octanol–water partition coefficient (Wildman–Crippen LogP) is 13.6. The van der Waals surface area contributed by atoms with Gasteiger partial charge in [0.2, 0.25) is 0 Å². The molecular formula is C45H72N4. The molecule has 0 atom stereocenters. The first-order valence-corrected chi connectivity index (χ1v) is 16.3. The third kappa shape index (κ3) is 19.6. The highest BCUT2D eigenvalue weighted by atomic mass is 14.8. The summed E-state index contributed by atoms with van der Waals surface area (Å²) in [5.74, 6) is 3.70. The maximum atomic E-state index is 3.97. The van der Waals surface area contributed by atoms with Gasteiger partial charge in [0.25, 0.3) is 0 Å².